The summed E-state index contributed by atoms with van der Waals surface area (Å²) >= 11 is 0. The van der Waals surface area contributed by atoms with Crippen LogP contribution in [0.3, 0.4) is 0 Å². The number of nitrogens with zero attached hydrogens (tertiary/aromatic N) is 1. The molecule has 142 valence electrons. The Labute approximate surface area is 152 Å². The van der Waals surface area contributed by atoms with Gasteiger partial charge in [-0.25, -0.2) is 0 Å². The van der Waals surface area contributed by atoms with E-state index >= 15 is 0 Å². The fourth-order valence-corrected chi connectivity index (χ4v) is 3.96. The van der Waals surface area contributed by atoms with Gasteiger partial charge in [0.15, 0.2) is 14.1 Å². The molecule has 6 heteroatoms. The van der Waals surface area contributed by atoms with Crippen molar-refractivity contribution in [2.75, 3.05) is 6.61 Å². The first-order valence-electron chi connectivity index (χ1n) is 9.38. The molecule has 0 aromatic rings. The number of hydrogen-bond acceptors (Lipinski definition) is 4. The van der Waals surface area contributed by atoms with Gasteiger partial charge in [0.2, 0.25) is 5.91 Å². The third kappa shape index (κ3) is 4.80. The molecule has 0 spiro atoms. The monoisotopic (exact) mass is 367 g/mol. The Balaban J connectivity index is 1.93. The molecule has 2 rings (SSSR count). The number of amides is 1. The van der Waals surface area contributed by atoms with E-state index in [0.717, 1.165) is 12.8 Å². The molecule has 3 atom stereocenters. The molecule has 0 aliphatic carbocycles. The highest BCUT2D eigenvalue weighted by Crippen LogP contribution is 2.37. The van der Waals surface area contributed by atoms with Gasteiger partial charge in [0.1, 0.15) is 6.23 Å². The fraction of sp³-hybridized carbons (Fsp3) is 0.789. The van der Waals surface area contributed by atoms with Crippen molar-refractivity contribution in [2.45, 2.75) is 83.8 Å². The quantitative estimate of drug-likeness (QED) is 0.693. The topological polar surface area (TPSA) is 55.8 Å². The molecule has 0 aromatic heterocycles. The summed E-state index contributed by atoms with van der Waals surface area (Å²) in [6, 6.07) is 0. The second-order valence-electron chi connectivity index (χ2n) is 8.69. The van der Waals surface area contributed by atoms with Crippen molar-refractivity contribution in [3.8, 4) is 0 Å². The first-order chi connectivity index (χ1) is 11.5. The largest absolute Gasteiger partial charge is 0.414 e. The van der Waals surface area contributed by atoms with E-state index in [2.05, 4.69) is 33.9 Å². The zero-order chi connectivity index (χ0) is 18.8. The molecule has 25 heavy (non-hydrogen) atoms. The van der Waals surface area contributed by atoms with Crippen LogP contribution >= 0.6 is 0 Å². The zero-order valence-electron chi connectivity index (χ0n) is 16.5. The molecule has 1 amide bonds. The Morgan fingerprint density at radius 2 is 1.96 bits per heavy atom. The number of ketones is 1. The maximum Gasteiger partial charge on any atom is 0.229 e. The lowest BCUT2D eigenvalue weighted by molar-refractivity contribution is -0.141. The van der Waals surface area contributed by atoms with Gasteiger partial charge in [-0.1, -0.05) is 27.7 Å². The number of allylic oxidation sites excluding steroid dienone is 1. The van der Waals surface area contributed by atoms with Crippen LogP contribution in [-0.2, 0) is 18.8 Å². The third-order valence-corrected chi connectivity index (χ3v) is 10.3. The van der Waals surface area contributed by atoms with E-state index in [-0.39, 0.29) is 41.4 Å². The van der Waals surface area contributed by atoms with Crippen LogP contribution in [-0.4, -0.2) is 43.8 Å². The molecule has 5 nitrogen and oxygen atoms in total. The van der Waals surface area contributed by atoms with Crippen molar-refractivity contribution in [3.05, 3.63) is 12.3 Å². The predicted octanol–water partition coefficient (Wildman–Crippen LogP) is 3.85. The van der Waals surface area contributed by atoms with Crippen LogP contribution < -0.4 is 0 Å². The highest BCUT2D eigenvalue weighted by molar-refractivity contribution is 6.74. The normalized spacial score (nSPS) is 28.6. The van der Waals surface area contributed by atoms with Crippen molar-refractivity contribution < 1.29 is 18.8 Å². The Hall–Kier alpha value is -0.983. The molecule has 1 fully saturated rings. The Morgan fingerprint density at radius 3 is 2.56 bits per heavy atom. The lowest BCUT2D eigenvalue weighted by Gasteiger charge is -2.37. The first kappa shape index (κ1) is 20.3. The van der Waals surface area contributed by atoms with Crippen LogP contribution in [0, 0.1) is 5.92 Å². The molecule has 2 heterocycles. The Morgan fingerprint density at radius 1 is 1.28 bits per heavy atom. The SMILES string of the molecule is CCC1CC(=O)N([C@H]2CC[C@@H](CO[Si](C)(C)C(C)(C)C)O2)C=CC1=O. The molecule has 2 aliphatic heterocycles. The summed E-state index contributed by atoms with van der Waals surface area (Å²) in [6.07, 6.45) is 5.50. The molecule has 1 unspecified atom stereocenters. The predicted molar refractivity (Wildman–Crippen MR) is 100 cm³/mol. The van der Waals surface area contributed by atoms with Gasteiger partial charge < -0.3 is 9.16 Å². The van der Waals surface area contributed by atoms with Crippen molar-refractivity contribution in [3.63, 3.8) is 0 Å². The van der Waals surface area contributed by atoms with Gasteiger partial charge in [-0.3, -0.25) is 14.5 Å². The smallest absolute Gasteiger partial charge is 0.229 e. The van der Waals surface area contributed by atoms with Crippen LogP contribution in [0.5, 0.6) is 0 Å². The summed E-state index contributed by atoms with van der Waals surface area (Å²) < 4.78 is 12.3. The van der Waals surface area contributed by atoms with E-state index < -0.39 is 8.32 Å². The van der Waals surface area contributed by atoms with Gasteiger partial charge in [0, 0.05) is 18.5 Å². The minimum atomic E-state index is -1.80. The number of rotatable bonds is 5. The standard InChI is InChI=1S/C19H33NO4Si/c1-7-14-12-17(22)20(11-10-16(14)21)18-9-8-15(24-18)13-23-25(5,6)19(2,3)4/h10-11,14-15,18H,7-9,12-13H2,1-6H3/t14?,15-,18+/m0/s1. The number of carbonyl (C=O) groups is 2. The maximum atomic E-state index is 12.5. The zero-order valence-corrected chi connectivity index (χ0v) is 17.5. The van der Waals surface area contributed by atoms with Crippen LogP contribution in [0.25, 0.3) is 0 Å². The van der Waals surface area contributed by atoms with E-state index in [1.807, 2.05) is 6.92 Å². The van der Waals surface area contributed by atoms with Crippen molar-refractivity contribution >= 4 is 20.0 Å². The number of hydrogen-bond donors (Lipinski definition) is 0. The summed E-state index contributed by atoms with van der Waals surface area (Å²) in [5.74, 6) is -0.188. The lowest BCUT2D eigenvalue weighted by Crippen LogP contribution is -2.43. The van der Waals surface area contributed by atoms with Crippen LogP contribution in [0.1, 0.15) is 53.4 Å². The Kier molecular flexibility index (Phi) is 6.28. The van der Waals surface area contributed by atoms with Gasteiger partial charge in [-0.2, -0.15) is 0 Å². The van der Waals surface area contributed by atoms with E-state index in [1.54, 1.807) is 11.1 Å². The second kappa shape index (κ2) is 7.72. The molecule has 0 aromatic carbocycles. The number of ether oxygens (including phenoxy) is 1. The van der Waals surface area contributed by atoms with Crippen molar-refractivity contribution in [2.24, 2.45) is 5.92 Å². The average molecular weight is 368 g/mol. The molecule has 2 aliphatic rings. The first-order valence-corrected chi connectivity index (χ1v) is 12.3. The lowest BCUT2D eigenvalue weighted by atomic mass is 9.97. The van der Waals surface area contributed by atoms with Crippen LogP contribution in [0.2, 0.25) is 18.1 Å². The van der Waals surface area contributed by atoms with E-state index in [1.165, 1.54) is 6.08 Å². The van der Waals surface area contributed by atoms with E-state index in [4.69, 9.17) is 9.16 Å². The maximum absolute atomic E-state index is 12.5. The molecule has 0 N–H and O–H groups in total. The third-order valence-electron chi connectivity index (χ3n) is 5.84. The number of carbonyl (C=O) groups excluding carboxylic acids is 2. The van der Waals surface area contributed by atoms with Crippen LogP contribution in [0.4, 0.5) is 0 Å². The minimum absolute atomic E-state index is 0.0150. The van der Waals surface area contributed by atoms with Gasteiger partial charge in [-0.05, 0) is 43.5 Å². The molecule has 0 radical (unpaired) electrons. The fourth-order valence-electron chi connectivity index (χ4n) is 2.92. The van der Waals surface area contributed by atoms with Gasteiger partial charge in [0.25, 0.3) is 0 Å². The van der Waals surface area contributed by atoms with E-state index in [0.29, 0.717) is 13.0 Å². The Bertz CT molecular complexity index is 538. The van der Waals surface area contributed by atoms with Gasteiger partial charge in [-0.15, -0.1) is 0 Å². The highest BCUT2D eigenvalue weighted by atomic mass is 28.4. The molecule has 0 bridgehead atoms. The summed E-state index contributed by atoms with van der Waals surface area (Å²) in [5.41, 5.74) is 0. The van der Waals surface area contributed by atoms with Crippen molar-refractivity contribution in [1.82, 2.24) is 4.90 Å². The molecular weight excluding hydrogens is 334 g/mol. The highest BCUT2D eigenvalue weighted by Gasteiger charge is 2.39. The van der Waals surface area contributed by atoms with Gasteiger partial charge in [0.05, 0.1) is 12.7 Å². The van der Waals surface area contributed by atoms with Gasteiger partial charge >= 0.3 is 0 Å². The molecular formula is C19H33NO4Si. The van der Waals surface area contributed by atoms with Crippen LogP contribution in [0.15, 0.2) is 12.3 Å². The summed E-state index contributed by atoms with van der Waals surface area (Å²) in [7, 11) is -1.80. The molecule has 1 saturated heterocycles. The summed E-state index contributed by atoms with van der Waals surface area (Å²) in [5, 5.41) is 0.171. The minimum Gasteiger partial charge on any atom is -0.414 e. The average Bonchev–Trinajstić information content (AvgIpc) is 2.92. The summed E-state index contributed by atoms with van der Waals surface area (Å²) in [4.78, 5) is 26.1. The summed E-state index contributed by atoms with van der Waals surface area (Å²) in [6.45, 7) is 13.7. The molecule has 0 saturated carbocycles. The van der Waals surface area contributed by atoms with E-state index in [9.17, 15) is 9.59 Å². The second-order valence-corrected chi connectivity index (χ2v) is 13.5. The van der Waals surface area contributed by atoms with Crippen molar-refractivity contribution in [1.29, 1.82) is 0 Å².